The quantitative estimate of drug-likeness (QED) is 0.773. The highest BCUT2D eigenvalue weighted by atomic mass is 16.2. The molecule has 1 aromatic heterocycles. The smallest absolute Gasteiger partial charge is 0.237 e. The van der Waals surface area contributed by atoms with Crippen LogP contribution in [0.15, 0.2) is 48.5 Å². The van der Waals surface area contributed by atoms with Crippen LogP contribution in [0, 0.1) is 13.8 Å². The Morgan fingerprint density at radius 1 is 1.11 bits per heavy atom. The van der Waals surface area contributed by atoms with E-state index in [4.69, 9.17) is 4.98 Å². The fourth-order valence-corrected chi connectivity index (χ4v) is 3.75. The number of pyridine rings is 1. The summed E-state index contributed by atoms with van der Waals surface area (Å²) in [6, 6.07) is 17.0. The predicted octanol–water partition coefficient (Wildman–Crippen LogP) is 3.84. The SMILES string of the molecule is Cc1cccc(-c2nc3cc(C)ccc3cc2CN2CCNC(=O)[C@H]2C)c1. The van der Waals surface area contributed by atoms with Crippen molar-refractivity contribution in [1.29, 1.82) is 0 Å². The van der Waals surface area contributed by atoms with Gasteiger partial charge in [-0.2, -0.15) is 0 Å². The van der Waals surface area contributed by atoms with Gasteiger partial charge in [-0.25, -0.2) is 4.98 Å². The summed E-state index contributed by atoms with van der Waals surface area (Å²) < 4.78 is 0. The van der Waals surface area contributed by atoms with Crippen molar-refractivity contribution in [2.24, 2.45) is 0 Å². The molecule has 1 aliphatic rings. The van der Waals surface area contributed by atoms with Gasteiger partial charge in [-0.15, -0.1) is 0 Å². The summed E-state index contributed by atoms with van der Waals surface area (Å²) >= 11 is 0. The molecule has 0 spiro atoms. The Labute approximate surface area is 160 Å². The van der Waals surface area contributed by atoms with E-state index in [2.05, 4.69) is 72.6 Å². The van der Waals surface area contributed by atoms with Crippen LogP contribution >= 0.6 is 0 Å². The van der Waals surface area contributed by atoms with E-state index in [1.54, 1.807) is 0 Å². The molecule has 3 aromatic rings. The maximum absolute atomic E-state index is 12.1. The minimum absolute atomic E-state index is 0.0997. The van der Waals surface area contributed by atoms with Gasteiger partial charge < -0.3 is 5.32 Å². The van der Waals surface area contributed by atoms with Gasteiger partial charge in [0.05, 0.1) is 17.3 Å². The lowest BCUT2D eigenvalue weighted by molar-refractivity contribution is -0.128. The molecule has 1 amide bonds. The number of benzene rings is 2. The van der Waals surface area contributed by atoms with Crippen LogP contribution in [0.1, 0.15) is 23.6 Å². The Morgan fingerprint density at radius 3 is 2.74 bits per heavy atom. The fraction of sp³-hybridized carbons (Fsp3) is 0.304. The monoisotopic (exact) mass is 359 g/mol. The molecule has 0 aliphatic carbocycles. The van der Waals surface area contributed by atoms with E-state index in [0.717, 1.165) is 28.7 Å². The number of piperazine rings is 1. The van der Waals surface area contributed by atoms with Crippen LogP contribution in [0.5, 0.6) is 0 Å². The third kappa shape index (κ3) is 3.58. The zero-order valence-corrected chi connectivity index (χ0v) is 16.1. The van der Waals surface area contributed by atoms with Crippen molar-refractivity contribution in [3.05, 3.63) is 65.2 Å². The number of aryl methyl sites for hydroxylation is 2. The van der Waals surface area contributed by atoms with Gasteiger partial charge in [0.15, 0.2) is 0 Å². The first-order valence-electron chi connectivity index (χ1n) is 9.50. The lowest BCUT2D eigenvalue weighted by Crippen LogP contribution is -2.53. The van der Waals surface area contributed by atoms with Crippen molar-refractivity contribution in [1.82, 2.24) is 15.2 Å². The highest BCUT2D eigenvalue weighted by molar-refractivity contribution is 5.84. The number of amides is 1. The number of fused-ring (bicyclic) bond motifs is 1. The molecule has 1 atom stereocenters. The zero-order valence-electron chi connectivity index (χ0n) is 16.1. The van der Waals surface area contributed by atoms with Gasteiger partial charge in [-0.1, -0.05) is 35.9 Å². The van der Waals surface area contributed by atoms with Crippen LogP contribution in [0.4, 0.5) is 0 Å². The van der Waals surface area contributed by atoms with Crippen molar-refractivity contribution in [3.8, 4) is 11.3 Å². The minimum atomic E-state index is -0.127. The highest BCUT2D eigenvalue weighted by Crippen LogP contribution is 2.28. The molecule has 4 heteroatoms. The second-order valence-electron chi connectivity index (χ2n) is 7.50. The molecule has 0 radical (unpaired) electrons. The Balaban J connectivity index is 1.83. The first-order chi connectivity index (χ1) is 13.0. The highest BCUT2D eigenvalue weighted by Gasteiger charge is 2.26. The average Bonchev–Trinajstić information content (AvgIpc) is 2.65. The Kier molecular flexibility index (Phi) is 4.66. The molecule has 1 aliphatic heterocycles. The van der Waals surface area contributed by atoms with Crippen LogP contribution in [-0.2, 0) is 11.3 Å². The minimum Gasteiger partial charge on any atom is -0.353 e. The molecule has 4 nitrogen and oxygen atoms in total. The van der Waals surface area contributed by atoms with Gasteiger partial charge >= 0.3 is 0 Å². The number of hydrogen-bond donors (Lipinski definition) is 1. The Hall–Kier alpha value is -2.72. The van der Waals surface area contributed by atoms with Crippen LogP contribution in [0.2, 0.25) is 0 Å². The Bertz CT molecular complexity index is 1010. The van der Waals surface area contributed by atoms with E-state index < -0.39 is 0 Å². The molecule has 1 fully saturated rings. The number of carbonyl (C=O) groups excluding carboxylic acids is 1. The topological polar surface area (TPSA) is 45.2 Å². The standard InChI is InChI=1S/C23H25N3O/c1-15-5-4-6-19(11-15)22-20(14-26-10-9-24-23(27)17(26)3)13-18-8-7-16(2)12-21(18)25-22/h4-8,11-13,17H,9-10,14H2,1-3H3,(H,24,27)/t17-/m1/s1. The average molecular weight is 359 g/mol. The van der Waals surface area contributed by atoms with Gasteiger partial charge in [0.1, 0.15) is 0 Å². The third-order valence-electron chi connectivity index (χ3n) is 5.34. The number of nitrogens with zero attached hydrogens (tertiary/aromatic N) is 2. The summed E-state index contributed by atoms with van der Waals surface area (Å²) in [6.07, 6.45) is 0. The molecule has 0 unspecified atom stereocenters. The largest absolute Gasteiger partial charge is 0.353 e. The zero-order chi connectivity index (χ0) is 19.0. The van der Waals surface area contributed by atoms with Crippen molar-refractivity contribution in [2.75, 3.05) is 13.1 Å². The van der Waals surface area contributed by atoms with E-state index in [9.17, 15) is 4.79 Å². The lowest BCUT2D eigenvalue weighted by atomic mass is 10.00. The van der Waals surface area contributed by atoms with E-state index in [-0.39, 0.29) is 11.9 Å². The van der Waals surface area contributed by atoms with Crippen molar-refractivity contribution in [2.45, 2.75) is 33.4 Å². The van der Waals surface area contributed by atoms with E-state index >= 15 is 0 Å². The summed E-state index contributed by atoms with van der Waals surface area (Å²) in [4.78, 5) is 19.3. The van der Waals surface area contributed by atoms with Crippen LogP contribution in [-0.4, -0.2) is 34.9 Å². The lowest BCUT2D eigenvalue weighted by Gasteiger charge is -2.33. The number of nitrogens with one attached hydrogen (secondary N) is 1. The fourth-order valence-electron chi connectivity index (χ4n) is 3.75. The van der Waals surface area contributed by atoms with E-state index in [0.29, 0.717) is 13.1 Å². The molecule has 1 saturated heterocycles. The molecule has 27 heavy (non-hydrogen) atoms. The molecular weight excluding hydrogens is 334 g/mol. The van der Waals surface area contributed by atoms with Crippen molar-refractivity contribution >= 4 is 16.8 Å². The predicted molar refractivity (Wildman–Crippen MR) is 110 cm³/mol. The second kappa shape index (κ2) is 7.12. The molecule has 1 N–H and O–H groups in total. The van der Waals surface area contributed by atoms with Gasteiger partial charge in [-0.05, 0) is 50.1 Å². The van der Waals surface area contributed by atoms with E-state index in [1.807, 2.05) is 6.92 Å². The molecule has 2 heterocycles. The third-order valence-corrected chi connectivity index (χ3v) is 5.34. The Morgan fingerprint density at radius 2 is 1.93 bits per heavy atom. The van der Waals surface area contributed by atoms with Crippen LogP contribution in [0.25, 0.3) is 22.2 Å². The molecule has 138 valence electrons. The van der Waals surface area contributed by atoms with Gasteiger partial charge in [0.2, 0.25) is 5.91 Å². The maximum atomic E-state index is 12.1. The van der Waals surface area contributed by atoms with Gasteiger partial charge in [-0.3, -0.25) is 9.69 Å². The number of aromatic nitrogens is 1. The van der Waals surface area contributed by atoms with Gasteiger partial charge in [0.25, 0.3) is 0 Å². The molecular formula is C23H25N3O. The molecule has 2 aromatic carbocycles. The number of rotatable bonds is 3. The maximum Gasteiger partial charge on any atom is 0.237 e. The molecule has 0 saturated carbocycles. The first-order valence-corrected chi connectivity index (χ1v) is 9.50. The summed E-state index contributed by atoms with van der Waals surface area (Å²) in [5.74, 6) is 0.0997. The number of carbonyl (C=O) groups is 1. The normalized spacial score (nSPS) is 17.9. The first kappa shape index (κ1) is 17.7. The van der Waals surface area contributed by atoms with Crippen LogP contribution < -0.4 is 5.32 Å². The van der Waals surface area contributed by atoms with Crippen molar-refractivity contribution < 1.29 is 4.79 Å². The summed E-state index contributed by atoms with van der Waals surface area (Å²) in [6.45, 7) is 8.43. The van der Waals surface area contributed by atoms with E-state index in [1.165, 1.54) is 16.7 Å². The second-order valence-corrected chi connectivity index (χ2v) is 7.50. The summed E-state index contributed by atoms with van der Waals surface area (Å²) in [7, 11) is 0. The number of hydrogen-bond acceptors (Lipinski definition) is 3. The van der Waals surface area contributed by atoms with Gasteiger partial charge in [0, 0.05) is 30.6 Å². The molecule has 0 bridgehead atoms. The summed E-state index contributed by atoms with van der Waals surface area (Å²) in [5, 5.41) is 4.08. The molecule has 4 rings (SSSR count). The van der Waals surface area contributed by atoms with Crippen molar-refractivity contribution in [3.63, 3.8) is 0 Å². The summed E-state index contributed by atoms with van der Waals surface area (Å²) in [5.41, 5.74) is 6.74. The van der Waals surface area contributed by atoms with Crippen LogP contribution in [0.3, 0.4) is 0 Å².